The normalized spacial score (nSPS) is 18.5. The standard InChI is InChI=1S/C17H28N6O3S/c1-17(2,3)12-26-15-13(23(24)25)14(21-8-10-27-11-9-21)19-16(20-15)22-6-4-18-5-7-22/h18H,4-12H2,1-3H3. The summed E-state index contributed by atoms with van der Waals surface area (Å²) in [5.74, 6) is 2.84. The molecule has 0 radical (unpaired) electrons. The highest BCUT2D eigenvalue weighted by molar-refractivity contribution is 7.99. The molecule has 0 atom stereocenters. The zero-order valence-electron chi connectivity index (χ0n) is 16.2. The number of rotatable bonds is 5. The Morgan fingerprint density at radius 3 is 2.41 bits per heavy atom. The molecule has 2 saturated heterocycles. The summed E-state index contributed by atoms with van der Waals surface area (Å²) in [4.78, 5) is 24.6. The van der Waals surface area contributed by atoms with Crippen molar-refractivity contribution in [3.05, 3.63) is 10.1 Å². The number of hydrogen-bond acceptors (Lipinski definition) is 9. The van der Waals surface area contributed by atoms with Crippen LogP contribution in [0.4, 0.5) is 17.5 Å². The van der Waals surface area contributed by atoms with Gasteiger partial charge in [-0.25, -0.2) is 0 Å². The first-order valence-corrected chi connectivity index (χ1v) is 10.5. The highest BCUT2D eigenvalue weighted by Gasteiger charge is 2.32. The molecular weight excluding hydrogens is 368 g/mol. The van der Waals surface area contributed by atoms with Gasteiger partial charge in [0.25, 0.3) is 0 Å². The maximum absolute atomic E-state index is 11.9. The van der Waals surface area contributed by atoms with E-state index >= 15 is 0 Å². The molecule has 1 aromatic heterocycles. The van der Waals surface area contributed by atoms with E-state index in [0.717, 1.165) is 50.8 Å². The summed E-state index contributed by atoms with van der Waals surface area (Å²) < 4.78 is 5.86. The van der Waals surface area contributed by atoms with Crippen molar-refractivity contribution < 1.29 is 9.66 Å². The van der Waals surface area contributed by atoms with Crippen LogP contribution >= 0.6 is 11.8 Å². The zero-order chi connectivity index (χ0) is 19.4. The van der Waals surface area contributed by atoms with Crippen molar-refractivity contribution in [2.75, 3.05) is 67.2 Å². The van der Waals surface area contributed by atoms with Crippen molar-refractivity contribution in [1.29, 1.82) is 0 Å². The third-order valence-corrected chi connectivity index (χ3v) is 5.30. The van der Waals surface area contributed by atoms with E-state index in [1.807, 2.05) is 37.4 Å². The van der Waals surface area contributed by atoms with Crippen LogP contribution in [-0.4, -0.2) is 72.3 Å². The number of hydrogen-bond donors (Lipinski definition) is 1. The van der Waals surface area contributed by atoms with E-state index in [9.17, 15) is 10.1 Å². The van der Waals surface area contributed by atoms with E-state index in [1.54, 1.807) is 0 Å². The minimum atomic E-state index is -0.406. The van der Waals surface area contributed by atoms with Crippen LogP contribution in [0.2, 0.25) is 0 Å². The summed E-state index contributed by atoms with van der Waals surface area (Å²) in [7, 11) is 0. The average molecular weight is 397 g/mol. The summed E-state index contributed by atoms with van der Waals surface area (Å²) in [6.45, 7) is 11.1. The number of anilines is 2. The molecule has 9 nitrogen and oxygen atoms in total. The van der Waals surface area contributed by atoms with E-state index in [4.69, 9.17) is 4.74 Å². The van der Waals surface area contributed by atoms with Gasteiger partial charge in [0.15, 0.2) is 0 Å². The third kappa shape index (κ3) is 5.13. The Bertz CT molecular complexity index is 669. The smallest absolute Gasteiger partial charge is 0.373 e. The number of thioether (sulfide) groups is 1. The van der Waals surface area contributed by atoms with Gasteiger partial charge in [0.1, 0.15) is 0 Å². The lowest BCUT2D eigenvalue weighted by Gasteiger charge is -2.31. The van der Waals surface area contributed by atoms with Gasteiger partial charge in [0.2, 0.25) is 11.8 Å². The Labute approximate surface area is 164 Å². The Balaban J connectivity index is 2.02. The number of piperazine rings is 1. The van der Waals surface area contributed by atoms with Crippen molar-refractivity contribution >= 4 is 29.2 Å². The first-order valence-electron chi connectivity index (χ1n) is 9.33. The zero-order valence-corrected chi connectivity index (χ0v) is 17.0. The van der Waals surface area contributed by atoms with Gasteiger partial charge in [0.05, 0.1) is 11.5 Å². The minimum absolute atomic E-state index is 0.0756. The molecule has 27 heavy (non-hydrogen) atoms. The molecule has 0 unspecified atom stereocenters. The molecule has 0 bridgehead atoms. The van der Waals surface area contributed by atoms with Crippen molar-refractivity contribution in [2.45, 2.75) is 20.8 Å². The quantitative estimate of drug-likeness (QED) is 0.590. The molecule has 150 valence electrons. The lowest BCUT2D eigenvalue weighted by molar-refractivity contribution is -0.385. The molecule has 1 aromatic rings. The molecule has 3 rings (SSSR count). The molecule has 0 spiro atoms. The predicted molar refractivity (Wildman–Crippen MR) is 108 cm³/mol. The Kier molecular flexibility index (Phi) is 6.25. The van der Waals surface area contributed by atoms with Crippen LogP contribution in [0.1, 0.15) is 20.8 Å². The SMILES string of the molecule is CC(C)(C)COc1nc(N2CCNCC2)nc(N2CCSCC2)c1[N+](=O)[O-]. The lowest BCUT2D eigenvalue weighted by Crippen LogP contribution is -2.44. The lowest BCUT2D eigenvalue weighted by atomic mass is 9.99. The van der Waals surface area contributed by atoms with Crippen LogP contribution in [0.25, 0.3) is 0 Å². The number of nitrogens with one attached hydrogen (secondary N) is 1. The van der Waals surface area contributed by atoms with Crippen LogP contribution in [0.15, 0.2) is 0 Å². The Hall–Kier alpha value is -1.81. The van der Waals surface area contributed by atoms with Crippen molar-refractivity contribution in [1.82, 2.24) is 15.3 Å². The number of aromatic nitrogens is 2. The first kappa shape index (κ1) is 19.9. The molecule has 0 aromatic carbocycles. The van der Waals surface area contributed by atoms with Gasteiger partial charge in [-0.15, -0.1) is 0 Å². The molecule has 3 heterocycles. The van der Waals surface area contributed by atoms with E-state index in [2.05, 4.69) is 20.2 Å². The number of nitro groups is 1. The minimum Gasteiger partial charge on any atom is -0.472 e. The second-order valence-electron chi connectivity index (χ2n) is 7.94. The predicted octanol–water partition coefficient (Wildman–Crippen LogP) is 1.77. The van der Waals surface area contributed by atoms with Crippen molar-refractivity contribution in [2.24, 2.45) is 5.41 Å². The summed E-state index contributed by atoms with van der Waals surface area (Å²) in [6, 6.07) is 0. The fourth-order valence-corrected chi connectivity index (χ4v) is 3.86. The highest BCUT2D eigenvalue weighted by Crippen LogP contribution is 2.38. The summed E-state index contributed by atoms with van der Waals surface area (Å²) in [5, 5.41) is 15.2. The Morgan fingerprint density at radius 1 is 1.15 bits per heavy atom. The molecule has 0 amide bonds. The molecule has 0 aliphatic carbocycles. The average Bonchev–Trinajstić information content (AvgIpc) is 2.66. The summed E-state index contributed by atoms with van der Waals surface area (Å²) >= 11 is 1.85. The van der Waals surface area contributed by atoms with Crippen LogP contribution in [0.5, 0.6) is 5.88 Å². The molecule has 2 fully saturated rings. The van der Waals surface area contributed by atoms with Gasteiger partial charge < -0.3 is 19.9 Å². The van der Waals surface area contributed by atoms with Gasteiger partial charge in [0, 0.05) is 50.8 Å². The Morgan fingerprint density at radius 2 is 1.81 bits per heavy atom. The molecule has 2 aliphatic rings. The number of nitrogens with zero attached hydrogens (tertiary/aromatic N) is 5. The van der Waals surface area contributed by atoms with E-state index in [-0.39, 0.29) is 17.0 Å². The largest absolute Gasteiger partial charge is 0.472 e. The fourth-order valence-electron chi connectivity index (χ4n) is 2.96. The van der Waals surface area contributed by atoms with E-state index in [0.29, 0.717) is 18.4 Å². The maximum Gasteiger partial charge on any atom is 0.373 e. The van der Waals surface area contributed by atoms with E-state index in [1.165, 1.54) is 0 Å². The summed E-state index contributed by atoms with van der Waals surface area (Å²) in [6.07, 6.45) is 0. The molecule has 0 saturated carbocycles. The topological polar surface area (TPSA) is 96.7 Å². The molecular formula is C17H28N6O3S. The van der Waals surface area contributed by atoms with Crippen LogP contribution in [0, 0.1) is 15.5 Å². The highest BCUT2D eigenvalue weighted by atomic mass is 32.2. The second kappa shape index (κ2) is 8.47. The van der Waals surface area contributed by atoms with E-state index < -0.39 is 4.92 Å². The fraction of sp³-hybridized carbons (Fsp3) is 0.765. The van der Waals surface area contributed by atoms with Crippen molar-refractivity contribution in [3.63, 3.8) is 0 Å². The van der Waals surface area contributed by atoms with Gasteiger partial charge >= 0.3 is 11.6 Å². The van der Waals surface area contributed by atoms with Crippen LogP contribution < -0.4 is 19.9 Å². The first-order chi connectivity index (χ1) is 12.8. The van der Waals surface area contributed by atoms with Crippen LogP contribution in [-0.2, 0) is 0 Å². The monoisotopic (exact) mass is 396 g/mol. The van der Waals surface area contributed by atoms with Gasteiger partial charge in [-0.1, -0.05) is 20.8 Å². The maximum atomic E-state index is 11.9. The van der Waals surface area contributed by atoms with Crippen LogP contribution in [0.3, 0.4) is 0 Å². The van der Waals surface area contributed by atoms with Crippen molar-refractivity contribution in [3.8, 4) is 5.88 Å². The second-order valence-corrected chi connectivity index (χ2v) is 9.17. The van der Waals surface area contributed by atoms with Gasteiger partial charge in [-0.2, -0.15) is 21.7 Å². The van der Waals surface area contributed by atoms with Gasteiger partial charge in [-0.05, 0) is 5.41 Å². The molecule has 2 aliphatic heterocycles. The third-order valence-electron chi connectivity index (χ3n) is 4.36. The summed E-state index contributed by atoms with van der Waals surface area (Å²) in [5.41, 5.74) is -0.249. The molecule has 10 heteroatoms. The molecule has 1 N–H and O–H groups in total. The van der Waals surface area contributed by atoms with Gasteiger partial charge in [-0.3, -0.25) is 10.1 Å². The number of ether oxygens (including phenoxy) is 1.